The highest BCUT2D eigenvalue weighted by atomic mass is 32.2. The van der Waals surface area contributed by atoms with Crippen LogP contribution in [0.25, 0.3) is 0 Å². The van der Waals surface area contributed by atoms with E-state index in [2.05, 4.69) is 15.0 Å². The molecule has 21 heavy (non-hydrogen) atoms. The standard InChI is InChI=1S/C13H17N3O2S3/c1-2-14-7-9-6-10(8-19-9)21(17,18)16-13-15-11-4-3-5-12(11)20-13/h6,8,14H,2-5,7H2,1H3,(H,15,16). The maximum Gasteiger partial charge on any atom is 0.264 e. The van der Waals surface area contributed by atoms with E-state index in [-0.39, 0.29) is 0 Å². The molecule has 0 aromatic carbocycles. The van der Waals surface area contributed by atoms with Gasteiger partial charge >= 0.3 is 0 Å². The van der Waals surface area contributed by atoms with Crippen LogP contribution in [0.3, 0.4) is 0 Å². The molecule has 2 heterocycles. The van der Waals surface area contributed by atoms with E-state index in [9.17, 15) is 8.42 Å². The van der Waals surface area contributed by atoms with Crippen LogP contribution >= 0.6 is 22.7 Å². The van der Waals surface area contributed by atoms with Gasteiger partial charge in [0.25, 0.3) is 10.0 Å². The van der Waals surface area contributed by atoms with Gasteiger partial charge in [0.15, 0.2) is 5.13 Å². The summed E-state index contributed by atoms with van der Waals surface area (Å²) in [4.78, 5) is 6.92. The number of nitrogens with zero attached hydrogens (tertiary/aromatic N) is 1. The molecule has 2 N–H and O–H groups in total. The topological polar surface area (TPSA) is 71.1 Å². The van der Waals surface area contributed by atoms with E-state index in [1.165, 1.54) is 27.6 Å². The van der Waals surface area contributed by atoms with E-state index in [0.29, 0.717) is 16.6 Å². The predicted octanol–water partition coefficient (Wildman–Crippen LogP) is 2.60. The summed E-state index contributed by atoms with van der Waals surface area (Å²) in [6.07, 6.45) is 3.10. The quantitative estimate of drug-likeness (QED) is 0.846. The molecule has 0 fully saturated rings. The summed E-state index contributed by atoms with van der Waals surface area (Å²) in [6.45, 7) is 3.58. The number of thiazole rings is 1. The molecule has 114 valence electrons. The highest BCUT2D eigenvalue weighted by molar-refractivity contribution is 7.93. The Morgan fingerprint density at radius 3 is 3.00 bits per heavy atom. The number of anilines is 1. The minimum Gasteiger partial charge on any atom is -0.312 e. The molecule has 0 spiro atoms. The average Bonchev–Trinajstić information content (AvgIpc) is 3.10. The predicted molar refractivity (Wildman–Crippen MR) is 86.6 cm³/mol. The Bertz CT molecular complexity index is 712. The minimum absolute atomic E-state index is 0.316. The fourth-order valence-corrected chi connectivity index (χ4v) is 5.78. The van der Waals surface area contributed by atoms with Crippen molar-refractivity contribution in [2.45, 2.75) is 37.6 Å². The lowest BCUT2D eigenvalue weighted by molar-refractivity contribution is 0.601. The van der Waals surface area contributed by atoms with Gasteiger partial charge in [-0.1, -0.05) is 6.92 Å². The van der Waals surface area contributed by atoms with Crippen LogP contribution in [0.4, 0.5) is 5.13 Å². The van der Waals surface area contributed by atoms with Crippen LogP contribution < -0.4 is 10.0 Å². The van der Waals surface area contributed by atoms with E-state index in [1.54, 1.807) is 11.4 Å². The van der Waals surface area contributed by atoms with Crippen molar-refractivity contribution in [3.05, 3.63) is 26.9 Å². The molecular weight excluding hydrogens is 326 g/mol. The van der Waals surface area contributed by atoms with Crippen molar-refractivity contribution in [1.29, 1.82) is 0 Å². The largest absolute Gasteiger partial charge is 0.312 e. The Hall–Kier alpha value is -0.960. The van der Waals surface area contributed by atoms with Gasteiger partial charge in [0.05, 0.1) is 10.6 Å². The summed E-state index contributed by atoms with van der Waals surface area (Å²) in [7, 11) is -3.52. The zero-order chi connectivity index (χ0) is 14.9. The summed E-state index contributed by atoms with van der Waals surface area (Å²) in [5, 5.41) is 5.35. The van der Waals surface area contributed by atoms with Crippen molar-refractivity contribution in [2.75, 3.05) is 11.3 Å². The summed E-state index contributed by atoms with van der Waals surface area (Å²) < 4.78 is 27.3. The number of sulfonamides is 1. The molecule has 0 saturated heterocycles. The van der Waals surface area contributed by atoms with Gasteiger partial charge in [0, 0.05) is 21.7 Å². The number of fused-ring (bicyclic) bond motifs is 1. The van der Waals surface area contributed by atoms with E-state index in [0.717, 1.165) is 36.4 Å². The second-order valence-electron chi connectivity index (χ2n) is 4.88. The number of thiophene rings is 1. The molecule has 0 saturated carbocycles. The van der Waals surface area contributed by atoms with Gasteiger partial charge < -0.3 is 5.32 Å². The molecule has 0 aliphatic heterocycles. The van der Waals surface area contributed by atoms with Crippen molar-refractivity contribution in [2.24, 2.45) is 0 Å². The minimum atomic E-state index is -3.52. The fourth-order valence-electron chi connectivity index (χ4n) is 2.25. The van der Waals surface area contributed by atoms with Crippen molar-refractivity contribution in [1.82, 2.24) is 10.3 Å². The highest BCUT2D eigenvalue weighted by Crippen LogP contribution is 2.32. The third kappa shape index (κ3) is 3.28. The first-order chi connectivity index (χ1) is 10.1. The molecule has 1 aliphatic carbocycles. The summed E-state index contributed by atoms with van der Waals surface area (Å²) in [6, 6.07) is 1.72. The Balaban J connectivity index is 1.75. The molecule has 0 radical (unpaired) electrons. The smallest absolute Gasteiger partial charge is 0.264 e. The van der Waals surface area contributed by atoms with Crippen LogP contribution in [0.1, 0.15) is 28.8 Å². The van der Waals surface area contributed by atoms with Gasteiger partial charge in [-0.2, -0.15) is 0 Å². The first kappa shape index (κ1) is 15.0. The van der Waals surface area contributed by atoms with Crippen molar-refractivity contribution in [3.8, 4) is 0 Å². The molecule has 0 amide bonds. The lowest BCUT2D eigenvalue weighted by Crippen LogP contribution is -2.13. The van der Waals surface area contributed by atoms with E-state index >= 15 is 0 Å². The molecule has 8 heteroatoms. The molecule has 3 rings (SSSR count). The monoisotopic (exact) mass is 343 g/mol. The SMILES string of the molecule is CCNCc1cc(S(=O)(=O)Nc2nc3c(s2)CCC3)cs1. The second kappa shape index (κ2) is 6.04. The number of aryl methyl sites for hydroxylation is 2. The first-order valence-electron chi connectivity index (χ1n) is 6.88. The van der Waals surface area contributed by atoms with Crippen LogP contribution in [0.15, 0.2) is 16.3 Å². The number of aromatic nitrogens is 1. The van der Waals surface area contributed by atoms with Gasteiger partial charge in [0.2, 0.25) is 0 Å². The number of rotatable bonds is 6. The molecule has 0 atom stereocenters. The Labute approximate surface area is 132 Å². The lowest BCUT2D eigenvalue weighted by Gasteiger charge is -2.02. The van der Waals surface area contributed by atoms with Gasteiger partial charge in [-0.25, -0.2) is 13.4 Å². The average molecular weight is 343 g/mol. The number of hydrogen-bond donors (Lipinski definition) is 2. The molecule has 0 bridgehead atoms. The Morgan fingerprint density at radius 1 is 1.38 bits per heavy atom. The van der Waals surface area contributed by atoms with Gasteiger partial charge in [0.1, 0.15) is 0 Å². The molecule has 2 aromatic rings. The molecule has 2 aromatic heterocycles. The highest BCUT2D eigenvalue weighted by Gasteiger charge is 2.21. The van der Waals surface area contributed by atoms with Crippen molar-refractivity contribution >= 4 is 37.8 Å². The van der Waals surface area contributed by atoms with Crippen LogP contribution in [0.5, 0.6) is 0 Å². The van der Waals surface area contributed by atoms with Crippen LogP contribution in [-0.4, -0.2) is 19.9 Å². The zero-order valence-corrected chi connectivity index (χ0v) is 14.1. The van der Waals surface area contributed by atoms with Crippen LogP contribution in [-0.2, 0) is 29.4 Å². The maximum atomic E-state index is 12.4. The maximum absolute atomic E-state index is 12.4. The molecule has 0 unspecified atom stereocenters. The van der Waals surface area contributed by atoms with Crippen molar-refractivity contribution < 1.29 is 8.42 Å². The zero-order valence-electron chi connectivity index (χ0n) is 11.7. The molecule has 1 aliphatic rings. The second-order valence-corrected chi connectivity index (χ2v) is 8.64. The number of hydrogen-bond acceptors (Lipinski definition) is 6. The Morgan fingerprint density at radius 2 is 2.24 bits per heavy atom. The third-order valence-electron chi connectivity index (χ3n) is 3.31. The van der Waals surface area contributed by atoms with E-state index < -0.39 is 10.0 Å². The van der Waals surface area contributed by atoms with E-state index in [4.69, 9.17) is 0 Å². The Kier molecular flexibility index (Phi) is 4.30. The fraction of sp³-hybridized carbons (Fsp3) is 0.462. The lowest BCUT2D eigenvalue weighted by atomic mass is 10.4. The van der Waals surface area contributed by atoms with Gasteiger partial charge in [-0.3, -0.25) is 4.72 Å². The third-order valence-corrected chi connectivity index (χ3v) is 6.91. The van der Waals surface area contributed by atoms with Gasteiger partial charge in [-0.15, -0.1) is 22.7 Å². The molecule has 5 nitrogen and oxygen atoms in total. The molecular formula is C13H17N3O2S3. The summed E-state index contributed by atoms with van der Waals surface area (Å²) in [5.74, 6) is 0. The van der Waals surface area contributed by atoms with E-state index in [1.807, 2.05) is 6.92 Å². The van der Waals surface area contributed by atoms with Crippen LogP contribution in [0.2, 0.25) is 0 Å². The first-order valence-corrected chi connectivity index (χ1v) is 10.1. The summed E-state index contributed by atoms with van der Waals surface area (Å²) >= 11 is 2.91. The van der Waals surface area contributed by atoms with Gasteiger partial charge in [-0.05, 0) is 31.9 Å². The van der Waals surface area contributed by atoms with Crippen molar-refractivity contribution in [3.63, 3.8) is 0 Å². The summed E-state index contributed by atoms with van der Waals surface area (Å²) in [5.41, 5.74) is 1.05. The normalized spacial score (nSPS) is 14.3. The number of nitrogens with one attached hydrogen (secondary N) is 2. The van der Waals surface area contributed by atoms with Crippen LogP contribution in [0, 0.1) is 0 Å².